The number of rotatable bonds is 10. The van der Waals surface area contributed by atoms with Gasteiger partial charge in [-0.3, -0.25) is 4.79 Å². The minimum atomic E-state index is -0.630. The van der Waals surface area contributed by atoms with Crippen LogP contribution in [0.5, 0.6) is 5.75 Å². The Kier molecular flexibility index (Phi) is 6.96. The van der Waals surface area contributed by atoms with Crippen LogP contribution in [0.4, 0.5) is 5.69 Å². The third-order valence-corrected chi connectivity index (χ3v) is 5.66. The van der Waals surface area contributed by atoms with Crippen molar-refractivity contribution in [1.29, 1.82) is 0 Å². The van der Waals surface area contributed by atoms with Crippen LogP contribution in [0.2, 0.25) is 0 Å². The molecule has 174 valence electrons. The normalized spacial score (nSPS) is 15.1. The van der Waals surface area contributed by atoms with E-state index in [0.717, 1.165) is 33.6 Å². The van der Waals surface area contributed by atoms with Gasteiger partial charge < -0.3 is 25.5 Å². The van der Waals surface area contributed by atoms with Crippen LogP contribution >= 0.6 is 0 Å². The lowest BCUT2D eigenvalue weighted by Gasteiger charge is -2.28. The van der Waals surface area contributed by atoms with E-state index in [1.807, 2.05) is 54.7 Å². The third-order valence-electron chi connectivity index (χ3n) is 5.66. The number of benzene rings is 2. The van der Waals surface area contributed by atoms with Gasteiger partial charge in [0.1, 0.15) is 18.5 Å². The summed E-state index contributed by atoms with van der Waals surface area (Å²) in [5.41, 5.74) is 6.21. The van der Waals surface area contributed by atoms with Gasteiger partial charge in [-0.2, -0.15) is 5.10 Å². The standard InChI is InChI=1S/C25H31N5O3/c1-25(2,16-27-18-8-6-17(7-9-18)21-10-11-24(32)30-29-21)28-14-19(31)15-33-23-5-3-4-22-20(23)12-13-26-22/h3-9,12-13,19,26-28,31H,10-11,14-16H2,1-2H3,(H,30,32). The minimum absolute atomic E-state index is 0.0403. The number of aromatic nitrogens is 1. The minimum Gasteiger partial charge on any atom is -0.490 e. The molecule has 0 fully saturated rings. The number of aromatic amines is 1. The molecule has 0 saturated carbocycles. The van der Waals surface area contributed by atoms with Gasteiger partial charge in [-0.1, -0.05) is 18.2 Å². The van der Waals surface area contributed by atoms with Gasteiger partial charge in [-0.25, -0.2) is 5.43 Å². The number of ether oxygens (including phenoxy) is 1. The summed E-state index contributed by atoms with van der Waals surface area (Å²) >= 11 is 0. The predicted octanol–water partition coefficient (Wildman–Crippen LogP) is 3.00. The monoisotopic (exact) mass is 449 g/mol. The maximum absolute atomic E-state index is 11.2. The Bertz CT molecular complexity index is 1120. The summed E-state index contributed by atoms with van der Waals surface area (Å²) in [5, 5.41) is 22.4. The van der Waals surface area contributed by atoms with E-state index in [-0.39, 0.29) is 18.1 Å². The van der Waals surface area contributed by atoms with Gasteiger partial charge in [-0.05, 0) is 49.7 Å². The highest BCUT2D eigenvalue weighted by Gasteiger charge is 2.19. The molecule has 1 atom stereocenters. The maximum atomic E-state index is 11.2. The van der Waals surface area contributed by atoms with Crippen LogP contribution in [0.1, 0.15) is 32.3 Å². The van der Waals surface area contributed by atoms with Crippen molar-refractivity contribution in [2.45, 2.75) is 38.3 Å². The van der Waals surface area contributed by atoms with Crippen molar-refractivity contribution >= 4 is 28.2 Å². The van der Waals surface area contributed by atoms with Gasteiger partial charge in [0.2, 0.25) is 5.91 Å². The molecule has 1 amide bonds. The lowest BCUT2D eigenvalue weighted by molar-refractivity contribution is -0.121. The van der Waals surface area contributed by atoms with E-state index in [9.17, 15) is 9.90 Å². The predicted molar refractivity (Wildman–Crippen MR) is 131 cm³/mol. The Hall–Kier alpha value is -3.36. The third kappa shape index (κ3) is 6.12. The molecule has 0 aliphatic carbocycles. The van der Waals surface area contributed by atoms with Crippen molar-refractivity contribution in [3.05, 3.63) is 60.3 Å². The van der Waals surface area contributed by atoms with E-state index in [0.29, 0.717) is 25.9 Å². The van der Waals surface area contributed by atoms with Crippen molar-refractivity contribution in [2.24, 2.45) is 5.10 Å². The van der Waals surface area contributed by atoms with Crippen molar-refractivity contribution in [2.75, 3.05) is 25.0 Å². The van der Waals surface area contributed by atoms with Crippen LogP contribution in [-0.4, -0.2) is 53.0 Å². The van der Waals surface area contributed by atoms with Crippen molar-refractivity contribution in [3.8, 4) is 5.75 Å². The summed E-state index contributed by atoms with van der Waals surface area (Å²) in [6.07, 6.45) is 2.37. The first-order chi connectivity index (χ1) is 15.9. The van der Waals surface area contributed by atoms with Crippen LogP contribution in [-0.2, 0) is 4.79 Å². The molecule has 5 N–H and O–H groups in total. The fraction of sp³-hybridized carbons (Fsp3) is 0.360. The molecule has 0 bridgehead atoms. The second-order valence-corrected chi connectivity index (χ2v) is 8.95. The molecular formula is C25H31N5O3. The van der Waals surface area contributed by atoms with Crippen LogP contribution in [0.3, 0.4) is 0 Å². The number of hydrogen-bond donors (Lipinski definition) is 5. The number of β-amino-alcohol motifs (C(OH)–C–C–N with tert-alkyl or cyclic N) is 1. The highest BCUT2D eigenvalue weighted by atomic mass is 16.5. The molecule has 4 rings (SSSR count). The smallest absolute Gasteiger partial charge is 0.240 e. The van der Waals surface area contributed by atoms with Crippen LogP contribution in [0.15, 0.2) is 59.8 Å². The number of aliphatic hydroxyl groups is 1. The SMILES string of the molecule is CC(C)(CNc1ccc(C2=NNC(=O)CC2)cc1)NCC(O)COc1cccc2[nH]ccc12. The summed E-state index contributed by atoms with van der Waals surface area (Å²) in [4.78, 5) is 14.4. The summed E-state index contributed by atoms with van der Waals surface area (Å²) in [7, 11) is 0. The number of carbonyl (C=O) groups is 1. The van der Waals surface area contributed by atoms with Gasteiger partial charge in [0.15, 0.2) is 0 Å². The average Bonchev–Trinajstić information content (AvgIpc) is 3.31. The molecule has 0 saturated heterocycles. The van der Waals surface area contributed by atoms with Crippen molar-refractivity contribution in [1.82, 2.24) is 15.7 Å². The van der Waals surface area contributed by atoms with Gasteiger partial charge in [0, 0.05) is 54.3 Å². The van der Waals surface area contributed by atoms with Gasteiger partial charge >= 0.3 is 0 Å². The van der Waals surface area contributed by atoms with E-state index < -0.39 is 6.10 Å². The molecule has 2 aromatic carbocycles. The summed E-state index contributed by atoms with van der Waals surface area (Å²) in [5.74, 6) is 0.722. The lowest BCUT2D eigenvalue weighted by atomic mass is 10.0. The molecular weight excluding hydrogens is 418 g/mol. The molecule has 1 unspecified atom stereocenters. The van der Waals surface area contributed by atoms with Gasteiger partial charge in [0.25, 0.3) is 0 Å². The largest absolute Gasteiger partial charge is 0.490 e. The van der Waals surface area contributed by atoms with Gasteiger partial charge in [0.05, 0.1) is 5.71 Å². The number of carbonyl (C=O) groups excluding carboxylic acids is 1. The fourth-order valence-electron chi connectivity index (χ4n) is 3.67. The molecule has 8 heteroatoms. The Balaban J connectivity index is 1.22. The second-order valence-electron chi connectivity index (χ2n) is 8.95. The molecule has 33 heavy (non-hydrogen) atoms. The molecule has 0 radical (unpaired) electrons. The quantitative estimate of drug-likeness (QED) is 0.327. The summed E-state index contributed by atoms with van der Waals surface area (Å²) in [6, 6.07) is 15.8. The molecule has 8 nitrogen and oxygen atoms in total. The number of H-pyrrole nitrogens is 1. The van der Waals surface area contributed by atoms with Crippen molar-refractivity contribution in [3.63, 3.8) is 0 Å². The van der Waals surface area contributed by atoms with Gasteiger partial charge in [-0.15, -0.1) is 0 Å². The van der Waals surface area contributed by atoms with Crippen LogP contribution in [0, 0.1) is 0 Å². The Morgan fingerprint density at radius 3 is 2.73 bits per heavy atom. The topological polar surface area (TPSA) is 111 Å². The zero-order valence-corrected chi connectivity index (χ0v) is 19.0. The molecule has 2 heterocycles. The van der Waals surface area contributed by atoms with E-state index in [2.05, 4.69) is 40.0 Å². The maximum Gasteiger partial charge on any atom is 0.240 e. The zero-order chi connectivity index (χ0) is 23.3. The Labute approximate surface area is 193 Å². The van der Waals surface area contributed by atoms with Crippen LogP contribution in [0.25, 0.3) is 10.9 Å². The number of nitrogens with one attached hydrogen (secondary N) is 4. The summed E-state index contributed by atoms with van der Waals surface area (Å²) < 4.78 is 5.84. The number of amides is 1. The number of anilines is 1. The summed E-state index contributed by atoms with van der Waals surface area (Å²) in [6.45, 7) is 5.48. The molecule has 0 spiro atoms. The number of hydrogen-bond acceptors (Lipinski definition) is 6. The fourth-order valence-corrected chi connectivity index (χ4v) is 3.67. The first kappa shape index (κ1) is 22.8. The number of fused-ring (bicyclic) bond motifs is 1. The number of aliphatic hydroxyl groups excluding tert-OH is 1. The molecule has 1 aliphatic heterocycles. The first-order valence-corrected chi connectivity index (χ1v) is 11.2. The molecule has 3 aromatic rings. The Morgan fingerprint density at radius 1 is 1.15 bits per heavy atom. The van der Waals surface area contributed by atoms with E-state index >= 15 is 0 Å². The van der Waals surface area contributed by atoms with Crippen molar-refractivity contribution < 1.29 is 14.6 Å². The lowest BCUT2D eigenvalue weighted by Crippen LogP contribution is -2.49. The van der Waals surface area contributed by atoms with Crippen LogP contribution < -0.4 is 20.8 Å². The highest BCUT2D eigenvalue weighted by molar-refractivity contribution is 6.04. The Morgan fingerprint density at radius 2 is 1.97 bits per heavy atom. The zero-order valence-electron chi connectivity index (χ0n) is 19.0. The number of nitrogens with zero attached hydrogens (tertiary/aromatic N) is 1. The number of hydrazone groups is 1. The van der Waals surface area contributed by atoms with E-state index in [1.54, 1.807) is 0 Å². The van der Waals surface area contributed by atoms with E-state index in [4.69, 9.17) is 4.74 Å². The van der Waals surface area contributed by atoms with E-state index in [1.165, 1.54) is 0 Å². The molecule has 1 aromatic heterocycles. The highest BCUT2D eigenvalue weighted by Crippen LogP contribution is 2.24. The molecule has 1 aliphatic rings. The second kappa shape index (κ2) is 10.1. The first-order valence-electron chi connectivity index (χ1n) is 11.2. The average molecular weight is 450 g/mol.